The third kappa shape index (κ3) is 9.00. The summed E-state index contributed by atoms with van der Waals surface area (Å²) in [6, 6.07) is 10.3. The van der Waals surface area contributed by atoms with Gasteiger partial charge in [-0.2, -0.15) is 18.3 Å². The maximum Gasteiger partial charge on any atom is 0.416 e. The van der Waals surface area contributed by atoms with Crippen LogP contribution >= 0.6 is 0 Å². The number of nitrogens with one attached hydrogen (secondary N) is 1. The molecule has 2 heterocycles. The molecule has 0 aliphatic heterocycles. The number of halogens is 3. The van der Waals surface area contributed by atoms with Gasteiger partial charge in [0.25, 0.3) is 5.91 Å². The van der Waals surface area contributed by atoms with Crippen molar-refractivity contribution in [2.45, 2.75) is 64.0 Å². The average molecular weight is 627 g/mol. The Kier molecular flexibility index (Phi) is 11.1. The van der Waals surface area contributed by atoms with Gasteiger partial charge in [-0.25, -0.2) is 5.84 Å². The first-order valence-corrected chi connectivity index (χ1v) is 15.1. The summed E-state index contributed by atoms with van der Waals surface area (Å²) in [5.74, 6) is 5.55. The minimum absolute atomic E-state index is 0.195. The number of aromatic nitrogens is 3. The van der Waals surface area contributed by atoms with Crippen LogP contribution in [0.3, 0.4) is 0 Å². The molecule has 0 aliphatic rings. The smallest absolute Gasteiger partial charge is 0.401 e. The molecule has 4 rings (SSSR count). The van der Waals surface area contributed by atoms with Crippen LogP contribution in [0.25, 0.3) is 27.6 Å². The molecule has 45 heavy (non-hydrogen) atoms. The van der Waals surface area contributed by atoms with E-state index in [9.17, 15) is 22.8 Å². The lowest BCUT2D eigenvalue weighted by Crippen LogP contribution is -2.27. The van der Waals surface area contributed by atoms with E-state index in [-0.39, 0.29) is 11.8 Å². The normalized spacial score (nSPS) is 12.2. The van der Waals surface area contributed by atoms with Gasteiger partial charge in [-0.1, -0.05) is 19.3 Å². The minimum atomic E-state index is -4.42. The van der Waals surface area contributed by atoms with Gasteiger partial charge in [0.2, 0.25) is 5.91 Å². The number of hydrogen-bond donors (Lipinski definition) is 4. The Bertz CT molecular complexity index is 1640. The minimum Gasteiger partial charge on any atom is -0.401 e. The summed E-state index contributed by atoms with van der Waals surface area (Å²) >= 11 is 0. The SMILES string of the molecule is Cn1cc2c3cc(C(=O)NCCCCCCN(N)/C=C(\N)CCCCCC(N)=O)ccc3n(-c3ccc(C(F)(F)F)cc3)c2n1. The Morgan fingerprint density at radius 3 is 2.33 bits per heavy atom. The topological polar surface area (TPSA) is 150 Å². The Hall–Kier alpha value is -4.52. The van der Waals surface area contributed by atoms with Crippen molar-refractivity contribution >= 4 is 33.8 Å². The van der Waals surface area contributed by atoms with Crippen molar-refractivity contribution in [1.82, 2.24) is 24.7 Å². The van der Waals surface area contributed by atoms with E-state index in [2.05, 4.69) is 10.4 Å². The van der Waals surface area contributed by atoms with Crippen molar-refractivity contribution in [3.63, 3.8) is 0 Å². The predicted molar refractivity (Wildman–Crippen MR) is 169 cm³/mol. The summed E-state index contributed by atoms with van der Waals surface area (Å²) in [6.07, 6.45) is 6.41. The zero-order chi connectivity index (χ0) is 32.6. The maximum atomic E-state index is 13.1. The first-order chi connectivity index (χ1) is 21.4. The third-order valence-electron chi connectivity index (χ3n) is 7.61. The second kappa shape index (κ2) is 15.0. The van der Waals surface area contributed by atoms with Crippen LogP contribution in [0.1, 0.15) is 73.7 Å². The summed E-state index contributed by atoms with van der Waals surface area (Å²) < 4.78 is 42.8. The number of allylic oxidation sites excluding steroid dienone is 1. The Labute approximate surface area is 260 Å². The highest BCUT2D eigenvalue weighted by Gasteiger charge is 2.30. The van der Waals surface area contributed by atoms with Gasteiger partial charge in [0.05, 0.1) is 11.1 Å². The predicted octanol–water partition coefficient (Wildman–Crippen LogP) is 5.24. The summed E-state index contributed by atoms with van der Waals surface area (Å²) in [4.78, 5) is 23.7. The average Bonchev–Trinajstić information content (AvgIpc) is 3.50. The van der Waals surface area contributed by atoms with Crippen LogP contribution in [0.4, 0.5) is 13.2 Å². The van der Waals surface area contributed by atoms with Crippen LogP contribution in [0.5, 0.6) is 0 Å². The fourth-order valence-electron chi connectivity index (χ4n) is 5.32. The second-order valence-electron chi connectivity index (χ2n) is 11.3. The van der Waals surface area contributed by atoms with Gasteiger partial charge in [-0.15, -0.1) is 0 Å². The molecule has 0 spiro atoms. The largest absolute Gasteiger partial charge is 0.416 e. The van der Waals surface area contributed by atoms with Crippen LogP contribution in [-0.2, 0) is 18.0 Å². The van der Waals surface area contributed by atoms with E-state index in [1.54, 1.807) is 45.7 Å². The van der Waals surface area contributed by atoms with Crippen molar-refractivity contribution in [3.05, 3.63) is 71.7 Å². The number of unbranched alkanes of at least 4 members (excludes halogenated alkanes) is 5. The van der Waals surface area contributed by atoms with Crippen LogP contribution in [0.2, 0.25) is 0 Å². The molecular formula is C32H41F3N8O2. The van der Waals surface area contributed by atoms with E-state index in [1.807, 2.05) is 6.20 Å². The van der Waals surface area contributed by atoms with E-state index in [1.165, 1.54) is 12.1 Å². The Morgan fingerprint density at radius 2 is 1.62 bits per heavy atom. The van der Waals surface area contributed by atoms with Crippen LogP contribution in [-0.4, -0.2) is 44.3 Å². The molecule has 0 atom stereocenters. The fourth-order valence-corrected chi connectivity index (χ4v) is 5.32. The molecule has 0 bridgehead atoms. The second-order valence-corrected chi connectivity index (χ2v) is 11.3. The van der Waals surface area contributed by atoms with Gasteiger partial charge in [-0.05, 0) is 74.6 Å². The lowest BCUT2D eigenvalue weighted by atomic mass is 10.1. The van der Waals surface area contributed by atoms with Gasteiger partial charge >= 0.3 is 6.18 Å². The molecule has 2 aromatic heterocycles. The first-order valence-electron chi connectivity index (χ1n) is 15.1. The van der Waals surface area contributed by atoms with Gasteiger partial charge in [-0.3, -0.25) is 18.8 Å². The zero-order valence-electron chi connectivity index (χ0n) is 25.4. The molecule has 2 amide bonds. The number of primary amides is 1. The van der Waals surface area contributed by atoms with E-state index in [0.29, 0.717) is 42.1 Å². The number of hydrazine groups is 1. The number of carbonyl (C=O) groups is 2. The zero-order valence-corrected chi connectivity index (χ0v) is 25.4. The highest BCUT2D eigenvalue weighted by atomic mass is 19.4. The number of hydrogen-bond acceptors (Lipinski definition) is 6. The van der Waals surface area contributed by atoms with E-state index in [0.717, 1.165) is 79.8 Å². The molecule has 0 fully saturated rings. The van der Waals surface area contributed by atoms with E-state index >= 15 is 0 Å². The molecule has 13 heteroatoms. The fraction of sp³-hybridized carbons (Fsp3) is 0.406. The summed E-state index contributed by atoms with van der Waals surface area (Å²) in [6.45, 7) is 1.20. The molecule has 0 aliphatic carbocycles. The molecule has 242 valence electrons. The summed E-state index contributed by atoms with van der Waals surface area (Å²) in [5.41, 5.74) is 13.5. The first kappa shape index (κ1) is 33.4. The lowest BCUT2D eigenvalue weighted by molar-refractivity contribution is -0.137. The molecule has 4 aromatic rings. The molecule has 7 N–H and O–H groups in total. The number of nitrogens with zero attached hydrogens (tertiary/aromatic N) is 4. The van der Waals surface area contributed by atoms with Crippen molar-refractivity contribution < 1.29 is 22.8 Å². The number of nitrogens with two attached hydrogens (primary N) is 3. The van der Waals surface area contributed by atoms with Crippen LogP contribution < -0.4 is 22.6 Å². The van der Waals surface area contributed by atoms with Crippen molar-refractivity contribution in [3.8, 4) is 5.69 Å². The number of aryl methyl sites for hydroxylation is 1. The van der Waals surface area contributed by atoms with Gasteiger partial charge in [0, 0.05) is 66.7 Å². The van der Waals surface area contributed by atoms with Crippen molar-refractivity contribution in [2.75, 3.05) is 13.1 Å². The molecule has 0 radical (unpaired) electrons. The van der Waals surface area contributed by atoms with Gasteiger partial charge in [0.15, 0.2) is 5.65 Å². The number of rotatable bonds is 16. The molecule has 0 unspecified atom stereocenters. The number of amides is 2. The van der Waals surface area contributed by atoms with Crippen LogP contribution in [0.15, 0.2) is 60.6 Å². The van der Waals surface area contributed by atoms with Crippen LogP contribution in [0, 0.1) is 0 Å². The van der Waals surface area contributed by atoms with E-state index in [4.69, 9.17) is 17.3 Å². The molecule has 2 aromatic carbocycles. The third-order valence-corrected chi connectivity index (χ3v) is 7.61. The number of alkyl halides is 3. The molecule has 0 saturated carbocycles. The van der Waals surface area contributed by atoms with Crippen molar-refractivity contribution in [2.24, 2.45) is 24.4 Å². The maximum absolute atomic E-state index is 13.1. The van der Waals surface area contributed by atoms with Crippen molar-refractivity contribution in [1.29, 1.82) is 0 Å². The quantitative estimate of drug-likeness (QED) is 0.0759. The lowest BCUT2D eigenvalue weighted by Gasteiger charge is -2.15. The number of fused-ring (bicyclic) bond motifs is 3. The monoisotopic (exact) mass is 626 g/mol. The van der Waals surface area contributed by atoms with Gasteiger partial charge in [0.1, 0.15) is 0 Å². The molecule has 10 nitrogen and oxygen atoms in total. The Balaban J connectivity index is 1.25. The number of carbonyl (C=O) groups excluding carboxylic acids is 2. The highest BCUT2D eigenvalue weighted by molar-refractivity contribution is 6.10. The summed E-state index contributed by atoms with van der Waals surface area (Å²) in [5, 5.41) is 10.7. The molecular weight excluding hydrogens is 585 g/mol. The summed E-state index contributed by atoms with van der Waals surface area (Å²) in [7, 11) is 1.77. The number of benzene rings is 2. The Morgan fingerprint density at radius 1 is 0.933 bits per heavy atom. The van der Waals surface area contributed by atoms with Gasteiger partial charge < -0.3 is 21.8 Å². The molecule has 0 saturated heterocycles. The van der Waals surface area contributed by atoms with E-state index < -0.39 is 11.7 Å². The standard InChI is InChI=1S/C32H41F3N8O2/c1-41-21-27-26-19-22(11-16-28(26)43(30(27)40-41)25-14-12-23(13-15-25)32(33,34)35)31(45)39-17-7-2-3-8-18-42(38)20-24(36)9-5-4-6-10-29(37)44/h11-16,19-21H,2-10,17-18,36,38H2,1H3,(H2,37,44)(H,39,45)/b24-20-. The highest BCUT2D eigenvalue weighted by Crippen LogP contribution is 2.34.